The number of aromatic nitrogens is 3. The number of benzene rings is 1. The first-order valence-electron chi connectivity index (χ1n) is 8.11. The molecule has 0 saturated heterocycles. The van der Waals surface area contributed by atoms with Gasteiger partial charge in [0.2, 0.25) is 0 Å². The molecule has 0 fully saturated rings. The van der Waals surface area contributed by atoms with Gasteiger partial charge in [0, 0.05) is 17.7 Å². The summed E-state index contributed by atoms with van der Waals surface area (Å²) in [6.07, 6.45) is 3.19. The minimum absolute atomic E-state index is 0.0415. The van der Waals surface area contributed by atoms with Crippen molar-refractivity contribution in [1.29, 1.82) is 0 Å². The van der Waals surface area contributed by atoms with Crippen molar-refractivity contribution in [3.63, 3.8) is 0 Å². The van der Waals surface area contributed by atoms with Gasteiger partial charge in [-0.1, -0.05) is 31.9 Å². The maximum atomic E-state index is 14.2. The average Bonchev–Trinajstić information content (AvgIpc) is 3.06. The average molecular weight is 335 g/mol. The summed E-state index contributed by atoms with van der Waals surface area (Å²) in [7, 11) is 0. The van der Waals surface area contributed by atoms with Gasteiger partial charge in [-0.05, 0) is 19.4 Å². The molecular weight excluding hydrogens is 313 g/mol. The molecule has 0 bridgehead atoms. The van der Waals surface area contributed by atoms with Crippen molar-refractivity contribution in [2.24, 2.45) is 0 Å². The summed E-state index contributed by atoms with van der Waals surface area (Å²) < 4.78 is 24.6. The van der Waals surface area contributed by atoms with Crippen LogP contribution in [0.3, 0.4) is 0 Å². The van der Waals surface area contributed by atoms with Gasteiger partial charge in [-0.15, -0.1) is 5.10 Å². The Morgan fingerprint density at radius 1 is 1.25 bits per heavy atom. The number of hydrogen-bond acceptors (Lipinski definition) is 5. The molecule has 130 valence electrons. The van der Waals surface area contributed by atoms with E-state index in [1.807, 2.05) is 0 Å². The van der Waals surface area contributed by atoms with Crippen LogP contribution in [0, 0.1) is 5.82 Å². The maximum absolute atomic E-state index is 14.2. The lowest BCUT2D eigenvalue weighted by atomic mass is 10.1. The number of halogens is 1. The van der Waals surface area contributed by atoms with Gasteiger partial charge >= 0.3 is 5.97 Å². The zero-order chi connectivity index (χ0) is 17.4. The molecule has 2 aromatic rings. The monoisotopic (exact) mass is 335 g/mol. The number of nitrogens with zero attached hydrogens (tertiary/aromatic N) is 2. The van der Waals surface area contributed by atoms with Crippen LogP contribution in [0.2, 0.25) is 0 Å². The van der Waals surface area contributed by atoms with Crippen LogP contribution in [0.4, 0.5) is 4.39 Å². The van der Waals surface area contributed by atoms with Crippen LogP contribution in [0.25, 0.3) is 11.3 Å². The first-order valence-corrected chi connectivity index (χ1v) is 8.11. The molecule has 0 spiro atoms. The molecule has 7 heteroatoms. The van der Waals surface area contributed by atoms with E-state index < -0.39 is 11.8 Å². The van der Waals surface area contributed by atoms with E-state index in [1.165, 1.54) is 6.07 Å². The van der Waals surface area contributed by atoms with Gasteiger partial charge in [-0.3, -0.25) is 0 Å². The van der Waals surface area contributed by atoms with Gasteiger partial charge in [-0.2, -0.15) is 10.3 Å². The molecule has 1 aromatic carbocycles. The highest BCUT2D eigenvalue weighted by Crippen LogP contribution is 2.23. The summed E-state index contributed by atoms with van der Waals surface area (Å²) >= 11 is 0. The summed E-state index contributed by atoms with van der Waals surface area (Å²) in [6.45, 7) is 4.89. The summed E-state index contributed by atoms with van der Waals surface area (Å²) in [5.41, 5.74) is 1.23. The number of esters is 1. The SMILES string of the molecule is CCCCCOCc1ccc(-c2n[nH]nc2C(=O)OCC)cc1F. The minimum atomic E-state index is -0.593. The van der Waals surface area contributed by atoms with Crippen molar-refractivity contribution in [2.45, 2.75) is 39.7 Å². The molecule has 0 aliphatic rings. The summed E-state index contributed by atoms with van der Waals surface area (Å²) in [5, 5.41) is 10.1. The number of nitrogens with one attached hydrogen (secondary N) is 1. The molecule has 6 nitrogen and oxygen atoms in total. The standard InChI is InChI=1S/C17H22FN3O3/c1-3-5-6-9-23-11-13-8-7-12(10-14(13)18)15-16(20-21-19-15)17(22)24-4-2/h7-8,10H,3-6,9,11H2,1-2H3,(H,19,20,21). The van der Waals surface area contributed by atoms with Crippen molar-refractivity contribution >= 4 is 5.97 Å². The molecule has 0 aliphatic heterocycles. The fourth-order valence-corrected chi connectivity index (χ4v) is 2.22. The highest BCUT2D eigenvalue weighted by Gasteiger charge is 2.19. The second-order valence-corrected chi connectivity index (χ2v) is 5.31. The van der Waals surface area contributed by atoms with E-state index in [2.05, 4.69) is 22.3 Å². The van der Waals surface area contributed by atoms with E-state index in [9.17, 15) is 9.18 Å². The number of rotatable bonds is 9. The van der Waals surface area contributed by atoms with Crippen LogP contribution < -0.4 is 0 Å². The molecule has 0 radical (unpaired) electrons. The van der Waals surface area contributed by atoms with Gasteiger partial charge in [0.15, 0.2) is 5.69 Å². The lowest BCUT2D eigenvalue weighted by Gasteiger charge is -2.07. The number of hydrogen-bond donors (Lipinski definition) is 1. The largest absolute Gasteiger partial charge is 0.461 e. The van der Waals surface area contributed by atoms with Crippen LogP contribution in [0.15, 0.2) is 18.2 Å². The van der Waals surface area contributed by atoms with E-state index in [4.69, 9.17) is 9.47 Å². The van der Waals surface area contributed by atoms with Gasteiger partial charge in [0.05, 0.1) is 13.2 Å². The van der Waals surface area contributed by atoms with Gasteiger partial charge in [0.25, 0.3) is 0 Å². The van der Waals surface area contributed by atoms with Crippen molar-refractivity contribution < 1.29 is 18.7 Å². The van der Waals surface area contributed by atoms with Crippen LogP contribution in [-0.4, -0.2) is 34.6 Å². The quantitative estimate of drug-likeness (QED) is 0.560. The molecule has 24 heavy (non-hydrogen) atoms. The second-order valence-electron chi connectivity index (χ2n) is 5.31. The van der Waals surface area contributed by atoms with Crippen LogP contribution in [0.5, 0.6) is 0 Å². The first-order chi connectivity index (χ1) is 11.7. The predicted molar refractivity (Wildman–Crippen MR) is 86.9 cm³/mol. The van der Waals surface area contributed by atoms with E-state index in [0.717, 1.165) is 19.3 Å². The van der Waals surface area contributed by atoms with Gasteiger partial charge in [-0.25, -0.2) is 9.18 Å². The Morgan fingerprint density at radius 3 is 2.79 bits per heavy atom. The lowest BCUT2D eigenvalue weighted by molar-refractivity contribution is 0.0520. The molecule has 0 aliphatic carbocycles. The summed E-state index contributed by atoms with van der Waals surface area (Å²) in [5.74, 6) is -0.995. The number of aromatic amines is 1. The Labute approximate surface area is 140 Å². The Bertz CT molecular complexity index is 673. The van der Waals surface area contributed by atoms with E-state index in [-0.39, 0.29) is 24.6 Å². The molecular formula is C17H22FN3O3. The first kappa shape index (κ1) is 18.1. The molecule has 2 rings (SSSR count). The summed E-state index contributed by atoms with van der Waals surface area (Å²) in [4.78, 5) is 11.8. The predicted octanol–water partition coefficient (Wildman–Crippen LogP) is 3.49. The fraction of sp³-hybridized carbons (Fsp3) is 0.471. The van der Waals surface area contributed by atoms with E-state index in [1.54, 1.807) is 19.1 Å². The third-order valence-electron chi connectivity index (χ3n) is 3.49. The third-order valence-corrected chi connectivity index (χ3v) is 3.49. The Morgan fingerprint density at radius 2 is 2.08 bits per heavy atom. The number of carbonyl (C=O) groups is 1. The summed E-state index contributed by atoms with van der Waals surface area (Å²) in [6, 6.07) is 4.65. The van der Waals surface area contributed by atoms with Gasteiger partial charge in [0.1, 0.15) is 11.5 Å². The molecule has 1 aromatic heterocycles. The number of carbonyl (C=O) groups excluding carboxylic acids is 1. The molecule has 1 heterocycles. The zero-order valence-corrected chi connectivity index (χ0v) is 14.0. The third kappa shape index (κ3) is 4.61. The topological polar surface area (TPSA) is 77.1 Å². The molecule has 0 unspecified atom stereocenters. The maximum Gasteiger partial charge on any atom is 0.361 e. The van der Waals surface area contributed by atoms with E-state index >= 15 is 0 Å². The fourth-order valence-electron chi connectivity index (χ4n) is 2.22. The van der Waals surface area contributed by atoms with E-state index in [0.29, 0.717) is 17.7 Å². The van der Waals surface area contributed by atoms with Crippen molar-refractivity contribution in [1.82, 2.24) is 15.4 Å². The van der Waals surface area contributed by atoms with Crippen molar-refractivity contribution in [3.8, 4) is 11.3 Å². The van der Waals surface area contributed by atoms with Crippen LogP contribution in [0.1, 0.15) is 49.2 Å². The normalized spacial score (nSPS) is 10.8. The smallest absolute Gasteiger partial charge is 0.361 e. The number of unbranched alkanes of at least 4 members (excludes halogenated alkanes) is 2. The highest BCUT2D eigenvalue weighted by molar-refractivity contribution is 5.93. The second kappa shape index (κ2) is 9.12. The molecule has 0 saturated carbocycles. The van der Waals surface area contributed by atoms with Crippen molar-refractivity contribution in [3.05, 3.63) is 35.3 Å². The molecule has 0 amide bonds. The number of ether oxygens (including phenoxy) is 2. The molecule has 1 N–H and O–H groups in total. The lowest BCUT2D eigenvalue weighted by Crippen LogP contribution is -2.07. The van der Waals surface area contributed by atoms with Gasteiger partial charge < -0.3 is 9.47 Å². The number of H-pyrrole nitrogens is 1. The Hall–Kier alpha value is -2.28. The van der Waals surface area contributed by atoms with Crippen molar-refractivity contribution in [2.75, 3.05) is 13.2 Å². The highest BCUT2D eigenvalue weighted by atomic mass is 19.1. The minimum Gasteiger partial charge on any atom is -0.461 e. The van der Waals surface area contributed by atoms with Crippen LogP contribution >= 0.6 is 0 Å². The Kier molecular flexibility index (Phi) is 6.87. The Balaban J connectivity index is 2.07. The van der Waals surface area contributed by atoms with Crippen LogP contribution in [-0.2, 0) is 16.1 Å². The molecule has 0 atom stereocenters. The zero-order valence-electron chi connectivity index (χ0n) is 14.0.